The number of thiophene rings is 2. The molecule has 0 spiro atoms. The Morgan fingerprint density at radius 2 is 0.655 bits per heavy atom. The molecule has 87 heavy (non-hydrogen) atoms. The lowest BCUT2D eigenvalue weighted by atomic mass is 9.98. The summed E-state index contributed by atoms with van der Waals surface area (Å²) in [5.41, 5.74) is 15.8. The van der Waals surface area contributed by atoms with Crippen molar-refractivity contribution in [3.8, 4) is 22.3 Å². The second kappa shape index (κ2) is 18.8. The van der Waals surface area contributed by atoms with E-state index in [1.807, 2.05) is 34.8 Å². The number of para-hydroxylation sites is 4. The first-order valence-corrected chi connectivity index (χ1v) is 31.0. The summed E-state index contributed by atoms with van der Waals surface area (Å²) in [4.78, 5) is 4.82. The number of fused-ring (bicyclic) bond motifs is 17. The molecule has 14 aromatic carbocycles. The second-order valence-corrected chi connectivity index (χ2v) is 24.7. The van der Waals surface area contributed by atoms with Gasteiger partial charge >= 0.3 is 0 Å². The van der Waals surface area contributed by atoms with E-state index in [-0.39, 0.29) is 0 Å². The van der Waals surface area contributed by atoms with Gasteiger partial charge in [-0.3, -0.25) is 0 Å². The molecular formula is C80H46N2O3S2. The van der Waals surface area contributed by atoms with Crippen LogP contribution in [-0.4, -0.2) is 0 Å². The second-order valence-electron chi connectivity index (χ2n) is 22.6. The van der Waals surface area contributed by atoms with Crippen LogP contribution in [0.2, 0.25) is 0 Å². The first kappa shape index (κ1) is 48.4. The maximum Gasteiger partial charge on any atom is 0.159 e. The van der Waals surface area contributed by atoms with Gasteiger partial charge in [0.2, 0.25) is 0 Å². The fourth-order valence-electron chi connectivity index (χ4n) is 13.8. The van der Waals surface area contributed by atoms with Crippen molar-refractivity contribution in [2.45, 2.75) is 0 Å². The van der Waals surface area contributed by atoms with E-state index in [0.29, 0.717) is 0 Å². The molecule has 0 bridgehead atoms. The van der Waals surface area contributed by atoms with E-state index in [1.54, 1.807) is 0 Å². The number of furan rings is 3. The Hall–Kier alpha value is -11.0. The fraction of sp³-hybridized carbons (Fsp3) is 0. The summed E-state index contributed by atoms with van der Waals surface area (Å²) < 4.78 is 25.8. The number of benzene rings is 14. The monoisotopic (exact) mass is 1150 g/mol. The Morgan fingerprint density at radius 3 is 1.13 bits per heavy atom. The van der Waals surface area contributed by atoms with Gasteiger partial charge < -0.3 is 23.1 Å². The van der Waals surface area contributed by atoms with Crippen molar-refractivity contribution in [1.29, 1.82) is 0 Å². The van der Waals surface area contributed by atoms with Crippen LogP contribution in [-0.2, 0) is 0 Å². The van der Waals surface area contributed by atoms with Gasteiger partial charge in [-0.05, 0) is 130 Å². The number of hydrogen-bond donors (Lipinski definition) is 0. The van der Waals surface area contributed by atoms with Crippen molar-refractivity contribution in [3.05, 3.63) is 279 Å². The summed E-state index contributed by atoms with van der Waals surface area (Å²) in [6, 6.07) is 101. The Balaban J connectivity index is 0.797. The highest BCUT2D eigenvalue weighted by Crippen LogP contribution is 2.53. The molecule has 7 heteroatoms. The van der Waals surface area contributed by atoms with Crippen molar-refractivity contribution in [2.24, 2.45) is 0 Å². The van der Waals surface area contributed by atoms with Crippen molar-refractivity contribution in [2.75, 3.05) is 9.80 Å². The molecule has 0 fully saturated rings. The van der Waals surface area contributed by atoms with Crippen LogP contribution >= 0.6 is 22.7 Å². The molecule has 0 aliphatic carbocycles. The molecule has 0 aliphatic heterocycles. The average molecular weight is 1150 g/mol. The van der Waals surface area contributed by atoms with Crippen LogP contribution in [0.3, 0.4) is 0 Å². The van der Waals surface area contributed by atoms with Crippen molar-refractivity contribution in [1.82, 2.24) is 0 Å². The zero-order chi connectivity index (χ0) is 56.8. The van der Waals surface area contributed by atoms with E-state index in [0.717, 1.165) is 133 Å². The Kier molecular flexibility index (Phi) is 10.4. The molecule has 19 aromatic rings. The topological polar surface area (TPSA) is 45.9 Å². The molecule has 0 amide bonds. The van der Waals surface area contributed by atoms with Gasteiger partial charge in [0.05, 0.1) is 22.7 Å². The summed E-state index contributed by atoms with van der Waals surface area (Å²) in [5, 5.41) is 15.9. The zero-order valence-electron chi connectivity index (χ0n) is 46.5. The standard InChI is InChI=1S/C80H46N2O3S2/c1-3-17-47(18-4-1)75-65(39-37-61-57-23-9-13-31-73(57)86-79(61)75)81(67-27-15-25-59-55-21-7-11-29-69(55)84-77(59)67)53-35-33-49-43-63-64-44-50-34-36-54(42-52(50)46-72(64)83-71(63)45-51(49)41-53)82(68-28-16-26-60-56-22-8-12-30-70(56)85-78(60)68)66-40-38-62-58-24-10-14-32-74(58)87-80(62)76(66)48-19-5-2-6-20-48/h1-46H. The zero-order valence-corrected chi connectivity index (χ0v) is 48.1. The quantitative estimate of drug-likeness (QED) is 0.152. The van der Waals surface area contributed by atoms with Crippen molar-refractivity contribution >= 4 is 185 Å². The fourth-order valence-corrected chi connectivity index (χ4v) is 16.4. The predicted octanol–water partition coefficient (Wildman–Crippen LogP) is 24.7. The first-order chi connectivity index (χ1) is 43.1. The number of hydrogen-bond acceptors (Lipinski definition) is 7. The van der Waals surface area contributed by atoms with Crippen LogP contribution in [0.15, 0.2) is 292 Å². The van der Waals surface area contributed by atoms with Gasteiger partial charge in [0, 0.05) is 95.2 Å². The third-order valence-electron chi connectivity index (χ3n) is 17.8. The molecule has 406 valence electrons. The van der Waals surface area contributed by atoms with E-state index in [9.17, 15) is 0 Å². The molecule has 0 saturated carbocycles. The van der Waals surface area contributed by atoms with E-state index >= 15 is 0 Å². The minimum atomic E-state index is 0.829. The Bertz CT molecular complexity index is 5680. The summed E-state index contributed by atoms with van der Waals surface area (Å²) in [5.74, 6) is 0. The van der Waals surface area contributed by atoms with E-state index in [2.05, 4.69) is 277 Å². The molecule has 5 heterocycles. The van der Waals surface area contributed by atoms with E-state index < -0.39 is 0 Å². The Labute approximate surface area is 505 Å². The molecule has 0 N–H and O–H groups in total. The van der Waals surface area contributed by atoms with Gasteiger partial charge in [-0.25, -0.2) is 0 Å². The number of nitrogens with zero attached hydrogens (tertiary/aromatic N) is 2. The lowest BCUT2D eigenvalue weighted by molar-refractivity contribution is 0.668. The minimum Gasteiger partial charge on any atom is -0.456 e. The molecule has 0 saturated heterocycles. The minimum absolute atomic E-state index is 0.829. The van der Waals surface area contributed by atoms with Crippen LogP contribution in [0.4, 0.5) is 34.1 Å². The van der Waals surface area contributed by atoms with Crippen LogP contribution in [0.1, 0.15) is 0 Å². The lowest BCUT2D eigenvalue weighted by Gasteiger charge is -2.28. The number of rotatable bonds is 8. The lowest BCUT2D eigenvalue weighted by Crippen LogP contribution is -2.11. The third-order valence-corrected chi connectivity index (χ3v) is 20.2. The van der Waals surface area contributed by atoms with Gasteiger partial charge in [0.15, 0.2) is 11.2 Å². The average Bonchev–Trinajstić information content (AvgIpc) is 2.15. The molecule has 0 aliphatic rings. The van der Waals surface area contributed by atoms with Gasteiger partial charge in [0.25, 0.3) is 0 Å². The van der Waals surface area contributed by atoms with Gasteiger partial charge in [-0.2, -0.15) is 0 Å². The summed E-state index contributed by atoms with van der Waals surface area (Å²) in [6.45, 7) is 0. The van der Waals surface area contributed by atoms with Crippen LogP contribution < -0.4 is 9.80 Å². The van der Waals surface area contributed by atoms with E-state index in [1.165, 1.54) is 51.5 Å². The third kappa shape index (κ3) is 7.37. The highest BCUT2D eigenvalue weighted by molar-refractivity contribution is 7.26. The summed E-state index contributed by atoms with van der Waals surface area (Å²) in [7, 11) is 0. The number of anilines is 6. The van der Waals surface area contributed by atoms with Gasteiger partial charge in [-0.1, -0.05) is 182 Å². The normalized spacial score (nSPS) is 12.1. The van der Waals surface area contributed by atoms with Crippen LogP contribution in [0.5, 0.6) is 0 Å². The smallest absolute Gasteiger partial charge is 0.159 e. The molecule has 5 aromatic heterocycles. The first-order valence-electron chi connectivity index (χ1n) is 29.4. The largest absolute Gasteiger partial charge is 0.456 e. The molecule has 0 radical (unpaired) electrons. The molecule has 19 rings (SSSR count). The maximum absolute atomic E-state index is 7.04. The molecule has 0 unspecified atom stereocenters. The molecule has 5 nitrogen and oxygen atoms in total. The predicted molar refractivity (Wildman–Crippen MR) is 369 cm³/mol. The highest BCUT2D eigenvalue weighted by Gasteiger charge is 2.28. The van der Waals surface area contributed by atoms with Crippen LogP contribution in [0, 0.1) is 0 Å². The van der Waals surface area contributed by atoms with Crippen molar-refractivity contribution < 1.29 is 13.3 Å². The molecule has 0 atom stereocenters. The Morgan fingerprint density at radius 1 is 0.241 bits per heavy atom. The highest BCUT2D eigenvalue weighted by atomic mass is 32.1. The van der Waals surface area contributed by atoms with Gasteiger partial charge in [-0.15, -0.1) is 22.7 Å². The van der Waals surface area contributed by atoms with Crippen molar-refractivity contribution in [3.63, 3.8) is 0 Å². The summed E-state index contributed by atoms with van der Waals surface area (Å²) >= 11 is 3.70. The van der Waals surface area contributed by atoms with Crippen LogP contribution in [0.25, 0.3) is 150 Å². The van der Waals surface area contributed by atoms with E-state index in [4.69, 9.17) is 13.3 Å². The summed E-state index contributed by atoms with van der Waals surface area (Å²) in [6.07, 6.45) is 0. The molecular weight excluding hydrogens is 1100 g/mol. The SMILES string of the molecule is c1ccc(-c2c(N(c3ccc4cc5c(cc4c3)oc3cc4cc(N(c6ccc7c(sc8ccccc87)c6-c6ccccc6)c6cccc7c6oc6ccccc67)ccc4cc35)c3cccc4c3oc3ccccc34)ccc3c2sc2ccccc23)cc1. The van der Waals surface area contributed by atoms with Gasteiger partial charge in [0.1, 0.15) is 22.3 Å². The maximum atomic E-state index is 7.04.